The standard InChI is InChI=1S/C16H19NO4/c1-11-9-13(5-4-12(11)6-7-15(18)19)16(20)17-14-3-2-8-21-10-14/h4-7,9,14H,2-3,8,10H2,1H3,(H,17,20)(H,18,19)/b7-6+. The van der Waals surface area contributed by atoms with Crippen LogP contribution in [0.4, 0.5) is 0 Å². The van der Waals surface area contributed by atoms with E-state index in [1.54, 1.807) is 18.2 Å². The first kappa shape index (κ1) is 15.3. The lowest BCUT2D eigenvalue weighted by molar-refractivity contribution is -0.131. The third-order valence-corrected chi connectivity index (χ3v) is 3.43. The number of benzene rings is 1. The van der Waals surface area contributed by atoms with E-state index in [4.69, 9.17) is 9.84 Å². The summed E-state index contributed by atoms with van der Waals surface area (Å²) in [6, 6.07) is 5.29. The van der Waals surface area contributed by atoms with Crippen LogP contribution in [-0.2, 0) is 9.53 Å². The molecule has 0 spiro atoms. The molecule has 1 aliphatic heterocycles. The van der Waals surface area contributed by atoms with Gasteiger partial charge in [-0.1, -0.05) is 6.07 Å². The van der Waals surface area contributed by atoms with Gasteiger partial charge in [-0.3, -0.25) is 4.79 Å². The van der Waals surface area contributed by atoms with Crippen molar-refractivity contribution in [3.8, 4) is 0 Å². The first-order valence-electron chi connectivity index (χ1n) is 6.96. The van der Waals surface area contributed by atoms with Crippen LogP contribution < -0.4 is 5.32 Å². The summed E-state index contributed by atoms with van der Waals surface area (Å²) in [5, 5.41) is 11.6. The average molecular weight is 289 g/mol. The molecule has 1 amide bonds. The molecule has 2 rings (SSSR count). The molecule has 1 aliphatic rings. The largest absolute Gasteiger partial charge is 0.478 e. The van der Waals surface area contributed by atoms with Crippen molar-refractivity contribution in [1.82, 2.24) is 5.32 Å². The minimum atomic E-state index is -0.992. The molecule has 0 bridgehead atoms. The Bertz CT molecular complexity index is 559. The van der Waals surface area contributed by atoms with Gasteiger partial charge in [0.25, 0.3) is 5.91 Å². The molecule has 5 heteroatoms. The van der Waals surface area contributed by atoms with E-state index < -0.39 is 5.97 Å². The van der Waals surface area contributed by atoms with Gasteiger partial charge < -0.3 is 15.2 Å². The van der Waals surface area contributed by atoms with Crippen LogP contribution in [0.1, 0.15) is 34.3 Å². The van der Waals surface area contributed by atoms with Gasteiger partial charge in [0, 0.05) is 18.2 Å². The normalized spacial score (nSPS) is 18.6. The highest BCUT2D eigenvalue weighted by atomic mass is 16.5. The Morgan fingerprint density at radius 3 is 2.86 bits per heavy atom. The van der Waals surface area contributed by atoms with Gasteiger partial charge in [0.2, 0.25) is 0 Å². The number of nitrogens with one attached hydrogen (secondary N) is 1. The van der Waals surface area contributed by atoms with Crippen LogP contribution >= 0.6 is 0 Å². The quantitative estimate of drug-likeness (QED) is 0.831. The number of carboxylic acid groups (broad SMARTS) is 1. The Kier molecular flexibility index (Phi) is 5.11. The summed E-state index contributed by atoms with van der Waals surface area (Å²) in [5.41, 5.74) is 2.22. The SMILES string of the molecule is Cc1cc(C(=O)NC2CCCOC2)ccc1/C=C/C(=O)O. The van der Waals surface area contributed by atoms with E-state index in [0.717, 1.165) is 36.7 Å². The van der Waals surface area contributed by atoms with Crippen LogP contribution in [0.25, 0.3) is 6.08 Å². The number of ether oxygens (including phenoxy) is 1. The monoisotopic (exact) mass is 289 g/mol. The highest BCUT2D eigenvalue weighted by Gasteiger charge is 2.17. The molecule has 1 fully saturated rings. The van der Waals surface area contributed by atoms with E-state index in [2.05, 4.69) is 5.32 Å². The minimum Gasteiger partial charge on any atom is -0.478 e. The van der Waals surface area contributed by atoms with Crippen molar-refractivity contribution in [2.75, 3.05) is 13.2 Å². The fourth-order valence-electron chi connectivity index (χ4n) is 2.29. The Labute approximate surface area is 123 Å². The van der Waals surface area contributed by atoms with Crippen LogP contribution in [0.5, 0.6) is 0 Å². The summed E-state index contributed by atoms with van der Waals surface area (Å²) in [7, 11) is 0. The predicted molar refractivity (Wildman–Crippen MR) is 79.2 cm³/mol. The lowest BCUT2D eigenvalue weighted by Gasteiger charge is -2.23. The van der Waals surface area contributed by atoms with Gasteiger partial charge in [0.15, 0.2) is 0 Å². The van der Waals surface area contributed by atoms with E-state index >= 15 is 0 Å². The molecule has 0 saturated carbocycles. The molecule has 1 aromatic rings. The fourth-order valence-corrected chi connectivity index (χ4v) is 2.29. The van der Waals surface area contributed by atoms with Crippen molar-refractivity contribution in [2.24, 2.45) is 0 Å². The lowest BCUT2D eigenvalue weighted by Crippen LogP contribution is -2.40. The highest BCUT2D eigenvalue weighted by molar-refractivity contribution is 5.95. The van der Waals surface area contributed by atoms with Crippen molar-refractivity contribution < 1.29 is 19.4 Å². The number of carboxylic acids is 1. The third kappa shape index (κ3) is 4.43. The smallest absolute Gasteiger partial charge is 0.328 e. The van der Waals surface area contributed by atoms with Crippen molar-refractivity contribution in [3.63, 3.8) is 0 Å². The van der Waals surface area contributed by atoms with Gasteiger partial charge in [-0.15, -0.1) is 0 Å². The second-order valence-corrected chi connectivity index (χ2v) is 5.13. The number of carbonyl (C=O) groups excluding carboxylic acids is 1. The summed E-state index contributed by atoms with van der Waals surface area (Å²) in [6.45, 7) is 3.17. The molecule has 0 radical (unpaired) electrons. The molecule has 1 aromatic carbocycles. The van der Waals surface area contributed by atoms with Crippen LogP contribution in [-0.4, -0.2) is 36.2 Å². The van der Waals surface area contributed by atoms with Crippen molar-refractivity contribution >= 4 is 18.0 Å². The molecule has 5 nitrogen and oxygen atoms in total. The van der Waals surface area contributed by atoms with E-state index in [0.29, 0.717) is 12.2 Å². The van der Waals surface area contributed by atoms with Crippen LogP contribution in [0.15, 0.2) is 24.3 Å². The Hall–Kier alpha value is -2.14. The van der Waals surface area contributed by atoms with E-state index in [1.165, 1.54) is 6.08 Å². The van der Waals surface area contributed by atoms with Crippen molar-refractivity contribution in [1.29, 1.82) is 0 Å². The maximum Gasteiger partial charge on any atom is 0.328 e. The first-order chi connectivity index (χ1) is 10.1. The second-order valence-electron chi connectivity index (χ2n) is 5.13. The number of carbonyl (C=O) groups is 2. The maximum atomic E-state index is 12.2. The summed E-state index contributed by atoms with van der Waals surface area (Å²) in [6.07, 6.45) is 4.50. The van der Waals surface area contributed by atoms with Gasteiger partial charge >= 0.3 is 5.97 Å². The zero-order chi connectivity index (χ0) is 15.2. The van der Waals surface area contributed by atoms with Crippen LogP contribution in [0.2, 0.25) is 0 Å². The maximum absolute atomic E-state index is 12.2. The summed E-state index contributed by atoms with van der Waals surface area (Å²) in [5.74, 6) is -1.11. The zero-order valence-electron chi connectivity index (χ0n) is 12.0. The van der Waals surface area contributed by atoms with E-state index in [1.807, 2.05) is 6.92 Å². The first-order valence-corrected chi connectivity index (χ1v) is 6.96. The third-order valence-electron chi connectivity index (χ3n) is 3.43. The molecule has 1 heterocycles. The summed E-state index contributed by atoms with van der Waals surface area (Å²) >= 11 is 0. The highest BCUT2D eigenvalue weighted by Crippen LogP contribution is 2.14. The topological polar surface area (TPSA) is 75.6 Å². The molecule has 112 valence electrons. The summed E-state index contributed by atoms with van der Waals surface area (Å²) in [4.78, 5) is 22.7. The number of rotatable bonds is 4. The average Bonchev–Trinajstić information content (AvgIpc) is 2.46. The van der Waals surface area contributed by atoms with Gasteiger partial charge in [0.05, 0.1) is 12.6 Å². The van der Waals surface area contributed by atoms with Gasteiger partial charge in [-0.25, -0.2) is 4.79 Å². The number of hydrogen-bond donors (Lipinski definition) is 2. The molecular weight excluding hydrogens is 270 g/mol. The summed E-state index contributed by atoms with van der Waals surface area (Å²) < 4.78 is 5.34. The number of amides is 1. The van der Waals surface area contributed by atoms with Crippen molar-refractivity contribution in [3.05, 3.63) is 41.0 Å². The minimum absolute atomic E-state index is 0.0677. The Morgan fingerprint density at radius 1 is 1.43 bits per heavy atom. The van der Waals surface area contributed by atoms with E-state index in [-0.39, 0.29) is 11.9 Å². The van der Waals surface area contributed by atoms with Crippen molar-refractivity contribution in [2.45, 2.75) is 25.8 Å². The van der Waals surface area contributed by atoms with Crippen LogP contribution in [0.3, 0.4) is 0 Å². The van der Waals surface area contributed by atoms with Gasteiger partial charge in [-0.2, -0.15) is 0 Å². The zero-order valence-corrected chi connectivity index (χ0v) is 12.0. The van der Waals surface area contributed by atoms with Crippen LogP contribution in [0, 0.1) is 6.92 Å². The predicted octanol–water partition coefficient (Wildman–Crippen LogP) is 2.00. The Balaban J connectivity index is 2.04. The molecular formula is C16H19NO4. The Morgan fingerprint density at radius 2 is 2.24 bits per heavy atom. The lowest BCUT2D eigenvalue weighted by atomic mass is 10.0. The molecule has 0 aromatic heterocycles. The molecule has 1 saturated heterocycles. The number of aryl methyl sites for hydroxylation is 1. The molecule has 2 N–H and O–H groups in total. The number of aliphatic carboxylic acids is 1. The number of hydrogen-bond acceptors (Lipinski definition) is 3. The fraction of sp³-hybridized carbons (Fsp3) is 0.375. The van der Waals surface area contributed by atoms with E-state index in [9.17, 15) is 9.59 Å². The van der Waals surface area contributed by atoms with Gasteiger partial charge in [-0.05, 0) is 49.1 Å². The second kappa shape index (κ2) is 7.04. The molecule has 0 aliphatic carbocycles. The van der Waals surface area contributed by atoms with Gasteiger partial charge in [0.1, 0.15) is 0 Å². The molecule has 21 heavy (non-hydrogen) atoms. The molecule has 1 atom stereocenters. The molecule has 1 unspecified atom stereocenters.